The summed E-state index contributed by atoms with van der Waals surface area (Å²) >= 11 is 5.98. The predicted molar refractivity (Wildman–Crippen MR) is 102 cm³/mol. The quantitative estimate of drug-likeness (QED) is 0.772. The van der Waals surface area contributed by atoms with Gasteiger partial charge in [0.2, 0.25) is 0 Å². The molecule has 1 aliphatic rings. The van der Waals surface area contributed by atoms with Gasteiger partial charge in [-0.2, -0.15) is 0 Å². The van der Waals surface area contributed by atoms with Crippen molar-refractivity contribution in [3.63, 3.8) is 0 Å². The zero-order valence-corrected chi connectivity index (χ0v) is 15.9. The van der Waals surface area contributed by atoms with Crippen LogP contribution in [0.1, 0.15) is 30.1 Å². The van der Waals surface area contributed by atoms with E-state index in [0.717, 1.165) is 31.5 Å². The number of halogens is 1. The average Bonchev–Trinajstić information content (AvgIpc) is 3.06. The van der Waals surface area contributed by atoms with Crippen LogP contribution in [0.5, 0.6) is 0 Å². The van der Waals surface area contributed by atoms with E-state index in [2.05, 4.69) is 17.4 Å². The minimum atomic E-state index is -0.0531. The molecule has 0 radical (unpaired) electrons. The molecular weight excluding hydrogens is 354 g/mol. The third-order valence-corrected chi connectivity index (χ3v) is 4.81. The Bertz CT molecular complexity index is 745. The molecule has 7 heteroatoms. The first-order valence-electron chi connectivity index (χ1n) is 8.88. The maximum Gasteiger partial charge on any atom is 0.261 e. The number of rotatable bonds is 6. The Morgan fingerprint density at radius 3 is 2.88 bits per heavy atom. The van der Waals surface area contributed by atoms with Gasteiger partial charge in [0, 0.05) is 37.3 Å². The number of amides is 1. The third-order valence-electron chi connectivity index (χ3n) is 4.56. The first kappa shape index (κ1) is 18.7. The summed E-state index contributed by atoms with van der Waals surface area (Å²) in [6.45, 7) is 4.73. The molecule has 2 heterocycles. The molecule has 0 bridgehead atoms. The monoisotopic (exact) mass is 377 g/mol. The molecule has 1 N–H and O–H groups in total. The van der Waals surface area contributed by atoms with Crippen LogP contribution in [0.25, 0.3) is 11.3 Å². The summed E-state index contributed by atoms with van der Waals surface area (Å²) in [4.78, 5) is 15.1. The van der Waals surface area contributed by atoms with E-state index >= 15 is 0 Å². The van der Waals surface area contributed by atoms with Gasteiger partial charge in [-0.05, 0) is 43.0 Å². The van der Waals surface area contributed by atoms with Crippen molar-refractivity contribution in [3.05, 3.63) is 34.9 Å². The van der Waals surface area contributed by atoms with Gasteiger partial charge in [0.15, 0.2) is 11.6 Å². The number of piperidine rings is 1. The Hall–Kier alpha value is -2.05. The van der Waals surface area contributed by atoms with Crippen molar-refractivity contribution in [2.45, 2.75) is 19.8 Å². The van der Waals surface area contributed by atoms with Crippen molar-refractivity contribution < 1.29 is 14.1 Å². The van der Waals surface area contributed by atoms with Crippen LogP contribution in [-0.2, 0) is 4.74 Å². The van der Waals surface area contributed by atoms with Crippen molar-refractivity contribution in [2.24, 2.45) is 5.92 Å². The average molecular weight is 378 g/mol. The van der Waals surface area contributed by atoms with Gasteiger partial charge in [0.05, 0.1) is 6.61 Å². The number of benzene rings is 1. The molecule has 2 aromatic rings. The molecule has 140 valence electrons. The highest BCUT2D eigenvalue weighted by Crippen LogP contribution is 2.32. The largest absolute Gasteiger partial charge is 0.383 e. The first-order chi connectivity index (χ1) is 12.6. The second kappa shape index (κ2) is 8.56. The normalized spacial score (nSPS) is 17.3. The van der Waals surface area contributed by atoms with Crippen LogP contribution in [0, 0.1) is 5.92 Å². The van der Waals surface area contributed by atoms with Gasteiger partial charge in [0.25, 0.3) is 5.91 Å². The number of aromatic nitrogens is 1. The molecule has 26 heavy (non-hydrogen) atoms. The highest BCUT2D eigenvalue weighted by Gasteiger charge is 2.30. The molecule has 1 atom stereocenters. The van der Waals surface area contributed by atoms with Crippen LogP contribution in [-0.4, -0.2) is 49.3 Å². The fourth-order valence-corrected chi connectivity index (χ4v) is 3.34. The molecule has 1 aromatic carbocycles. The minimum Gasteiger partial charge on any atom is -0.383 e. The summed E-state index contributed by atoms with van der Waals surface area (Å²) in [6.07, 6.45) is 2.16. The Labute approximate surface area is 158 Å². The van der Waals surface area contributed by atoms with Crippen molar-refractivity contribution in [2.75, 3.05) is 38.7 Å². The standard InChI is InChI=1S/C19H24ClN3O3/c1-13-4-3-10-23(12-13)19(24)16-17(14-5-7-15(20)8-6-14)26-22-18(16)21-9-11-25-2/h5-8,13H,3-4,9-12H2,1-2H3,(H,21,22). The van der Waals surface area contributed by atoms with Crippen LogP contribution < -0.4 is 5.32 Å². The first-order valence-corrected chi connectivity index (χ1v) is 9.25. The van der Waals surface area contributed by atoms with E-state index < -0.39 is 0 Å². The molecule has 1 unspecified atom stereocenters. The SMILES string of the molecule is COCCNc1noc(-c2ccc(Cl)cc2)c1C(=O)N1CCCC(C)C1. The maximum atomic E-state index is 13.2. The van der Waals surface area contributed by atoms with Gasteiger partial charge < -0.3 is 19.5 Å². The van der Waals surface area contributed by atoms with Gasteiger partial charge in [0.1, 0.15) is 5.56 Å². The summed E-state index contributed by atoms with van der Waals surface area (Å²) in [7, 11) is 1.63. The van der Waals surface area contributed by atoms with Crippen LogP contribution in [0.4, 0.5) is 5.82 Å². The zero-order valence-electron chi connectivity index (χ0n) is 15.1. The molecule has 1 saturated heterocycles. The molecule has 3 rings (SSSR count). The van der Waals surface area contributed by atoms with E-state index in [9.17, 15) is 4.79 Å². The van der Waals surface area contributed by atoms with Crippen molar-refractivity contribution in [1.82, 2.24) is 10.1 Å². The summed E-state index contributed by atoms with van der Waals surface area (Å²) in [6, 6.07) is 7.21. The number of nitrogens with one attached hydrogen (secondary N) is 1. The van der Waals surface area contributed by atoms with Crippen molar-refractivity contribution in [1.29, 1.82) is 0 Å². The lowest BCUT2D eigenvalue weighted by atomic mass is 9.99. The number of hydrogen-bond acceptors (Lipinski definition) is 5. The molecule has 0 aliphatic carbocycles. The van der Waals surface area contributed by atoms with Gasteiger partial charge in [-0.15, -0.1) is 0 Å². The number of ether oxygens (including phenoxy) is 1. The summed E-state index contributed by atoms with van der Waals surface area (Å²) in [5.41, 5.74) is 1.24. The smallest absolute Gasteiger partial charge is 0.261 e. The molecule has 1 aromatic heterocycles. The molecule has 0 spiro atoms. The number of nitrogens with zero attached hydrogens (tertiary/aromatic N) is 2. The third kappa shape index (κ3) is 4.19. The van der Waals surface area contributed by atoms with Crippen LogP contribution in [0.3, 0.4) is 0 Å². The number of hydrogen-bond donors (Lipinski definition) is 1. The lowest BCUT2D eigenvalue weighted by Crippen LogP contribution is -2.39. The van der Waals surface area contributed by atoms with Gasteiger partial charge in [-0.3, -0.25) is 4.79 Å². The Morgan fingerprint density at radius 1 is 1.42 bits per heavy atom. The molecule has 0 saturated carbocycles. The minimum absolute atomic E-state index is 0.0531. The van der Waals surface area contributed by atoms with E-state index in [-0.39, 0.29) is 5.91 Å². The van der Waals surface area contributed by atoms with E-state index in [0.29, 0.717) is 41.2 Å². The molecule has 1 fully saturated rings. The molecule has 1 aliphatic heterocycles. The van der Waals surface area contributed by atoms with Gasteiger partial charge in [-0.25, -0.2) is 0 Å². The van der Waals surface area contributed by atoms with Crippen LogP contribution in [0.2, 0.25) is 5.02 Å². The van der Waals surface area contributed by atoms with E-state index in [4.69, 9.17) is 20.9 Å². The number of methoxy groups -OCH3 is 1. The maximum absolute atomic E-state index is 13.2. The molecule has 1 amide bonds. The fourth-order valence-electron chi connectivity index (χ4n) is 3.21. The molecular formula is C19H24ClN3O3. The zero-order chi connectivity index (χ0) is 18.5. The summed E-state index contributed by atoms with van der Waals surface area (Å²) in [5, 5.41) is 7.87. The van der Waals surface area contributed by atoms with Gasteiger partial charge in [-0.1, -0.05) is 23.7 Å². The topological polar surface area (TPSA) is 67.6 Å². The Balaban J connectivity index is 1.94. The summed E-state index contributed by atoms with van der Waals surface area (Å²) < 4.78 is 10.6. The number of likely N-dealkylation sites (tertiary alicyclic amines) is 1. The van der Waals surface area contributed by atoms with Crippen molar-refractivity contribution in [3.8, 4) is 11.3 Å². The van der Waals surface area contributed by atoms with Crippen LogP contribution >= 0.6 is 11.6 Å². The fraction of sp³-hybridized carbons (Fsp3) is 0.474. The number of carbonyl (C=O) groups excluding carboxylic acids is 1. The van der Waals surface area contributed by atoms with Gasteiger partial charge >= 0.3 is 0 Å². The Kier molecular flexibility index (Phi) is 6.16. The number of anilines is 1. The highest BCUT2D eigenvalue weighted by molar-refractivity contribution is 6.30. The van der Waals surface area contributed by atoms with E-state index in [1.165, 1.54) is 0 Å². The van der Waals surface area contributed by atoms with E-state index in [1.54, 1.807) is 19.2 Å². The summed E-state index contributed by atoms with van der Waals surface area (Å²) in [5.74, 6) is 1.36. The van der Waals surface area contributed by atoms with Crippen molar-refractivity contribution >= 4 is 23.3 Å². The lowest BCUT2D eigenvalue weighted by molar-refractivity contribution is 0.0684. The van der Waals surface area contributed by atoms with Crippen LogP contribution in [0.15, 0.2) is 28.8 Å². The second-order valence-corrected chi connectivity index (χ2v) is 7.10. The number of carbonyl (C=O) groups is 1. The molecule has 6 nitrogen and oxygen atoms in total. The Morgan fingerprint density at radius 2 is 2.19 bits per heavy atom. The second-order valence-electron chi connectivity index (χ2n) is 6.66. The highest BCUT2D eigenvalue weighted by atomic mass is 35.5. The lowest BCUT2D eigenvalue weighted by Gasteiger charge is -2.31. The predicted octanol–water partition coefficient (Wildman–Crippen LogP) is 3.93. The van der Waals surface area contributed by atoms with E-state index in [1.807, 2.05) is 17.0 Å².